The number of hydrogen-bond donors (Lipinski definition) is 1. The first kappa shape index (κ1) is 17.0. The first-order valence-electron chi connectivity index (χ1n) is 10.4. The van der Waals surface area contributed by atoms with E-state index in [9.17, 15) is 0 Å². The maximum Gasteiger partial charge on any atom is 0.177 e. The lowest BCUT2D eigenvalue weighted by Crippen LogP contribution is -2.52. The largest absolute Gasteiger partial charge is 0.411 e. The highest BCUT2D eigenvalue weighted by atomic mass is 16.7. The number of oxime groups is 1. The molecule has 0 amide bonds. The maximum atomic E-state index is 9.14. The van der Waals surface area contributed by atoms with Crippen molar-refractivity contribution < 1.29 is 14.7 Å². The van der Waals surface area contributed by atoms with E-state index in [-0.39, 0.29) is 17.3 Å². The van der Waals surface area contributed by atoms with Crippen molar-refractivity contribution in [2.24, 2.45) is 34.2 Å². The molecule has 26 heavy (non-hydrogen) atoms. The van der Waals surface area contributed by atoms with Gasteiger partial charge in [0.05, 0.1) is 11.3 Å². The van der Waals surface area contributed by atoms with E-state index in [2.05, 4.69) is 30.3 Å². The zero-order chi connectivity index (χ0) is 17.9. The lowest BCUT2D eigenvalue weighted by molar-refractivity contribution is -0.190. The predicted octanol–water partition coefficient (Wildman–Crippen LogP) is 4.69. The molecule has 3 fully saturated rings. The van der Waals surface area contributed by atoms with Gasteiger partial charge in [-0.05, 0) is 87.2 Å². The minimum Gasteiger partial charge on any atom is -0.411 e. The molecule has 142 valence electrons. The molecule has 0 aromatic rings. The quantitative estimate of drug-likeness (QED) is 0.421. The standard InChI is InChI=1S/C22H31NO3/c1-21-10-7-17-16-6-4-15(23-24)13-14(16)3-5-18(17)19(21)8-11-22(21)12-9-20(25-2)26-22/h9,12-13,16-20,24H,3-8,10-11H2,1-2H3/b23-15+/t16-,17?,18?,19?,20?,21-,22+/m0/s1. The van der Waals surface area contributed by atoms with Gasteiger partial charge < -0.3 is 14.7 Å². The van der Waals surface area contributed by atoms with Crippen LogP contribution < -0.4 is 0 Å². The van der Waals surface area contributed by atoms with Gasteiger partial charge in [0.1, 0.15) is 0 Å². The molecule has 1 aliphatic heterocycles. The summed E-state index contributed by atoms with van der Waals surface area (Å²) in [6.07, 6.45) is 16.0. The number of hydrogen-bond acceptors (Lipinski definition) is 4. The molecule has 4 nitrogen and oxygen atoms in total. The van der Waals surface area contributed by atoms with Crippen molar-refractivity contribution in [2.75, 3.05) is 7.11 Å². The smallest absolute Gasteiger partial charge is 0.177 e. The van der Waals surface area contributed by atoms with Crippen molar-refractivity contribution in [1.29, 1.82) is 0 Å². The minimum absolute atomic E-state index is 0.108. The highest BCUT2D eigenvalue weighted by Gasteiger charge is 2.64. The van der Waals surface area contributed by atoms with Gasteiger partial charge in [0, 0.05) is 12.5 Å². The van der Waals surface area contributed by atoms with Crippen LogP contribution in [0.4, 0.5) is 0 Å². The van der Waals surface area contributed by atoms with Crippen LogP contribution in [0.15, 0.2) is 29.0 Å². The van der Waals surface area contributed by atoms with E-state index in [1.807, 2.05) is 0 Å². The Labute approximate surface area is 156 Å². The molecule has 0 aromatic heterocycles. The molecular formula is C22H31NO3. The normalized spacial score (nSPS) is 51.2. The van der Waals surface area contributed by atoms with Crippen LogP contribution in [-0.2, 0) is 9.47 Å². The van der Waals surface area contributed by atoms with Crippen molar-refractivity contribution >= 4 is 5.71 Å². The Bertz CT molecular complexity index is 683. The van der Waals surface area contributed by atoms with Gasteiger partial charge in [0.2, 0.25) is 0 Å². The van der Waals surface area contributed by atoms with Crippen molar-refractivity contribution in [3.63, 3.8) is 0 Å². The zero-order valence-electron chi connectivity index (χ0n) is 16.0. The van der Waals surface area contributed by atoms with E-state index in [1.54, 1.807) is 12.7 Å². The first-order chi connectivity index (χ1) is 12.6. The average molecular weight is 357 g/mol. The number of ether oxygens (including phenoxy) is 2. The van der Waals surface area contributed by atoms with Crippen molar-refractivity contribution in [3.8, 4) is 0 Å². The fourth-order valence-corrected chi connectivity index (χ4v) is 7.42. The second kappa shape index (κ2) is 5.93. The van der Waals surface area contributed by atoms with E-state index >= 15 is 0 Å². The van der Waals surface area contributed by atoms with Crippen LogP contribution in [0.3, 0.4) is 0 Å². The summed E-state index contributed by atoms with van der Waals surface area (Å²) in [5.74, 6) is 3.11. The van der Waals surface area contributed by atoms with Crippen LogP contribution >= 0.6 is 0 Å². The minimum atomic E-state index is -0.168. The lowest BCUT2D eigenvalue weighted by atomic mass is 9.50. The van der Waals surface area contributed by atoms with Gasteiger partial charge in [-0.25, -0.2) is 0 Å². The molecule has 0 saturated heterocycles. The Balaban J connectivity index is 1.42. The molecule has 5 rings (SSSR count). The SMILES string of the molecule is COC1C=C[C@@]2(CCC3C4CCC5=C/C(=N/O)CC[C@@H]5C4CC[C@@]32C)O1. The van der Waals surface area contributed by atoms with E-state index in [0.717, 1.165) is 36.3 Å². The molecule has 0 bridgehead atoms. The highest BCUT2D eigenvalue weighted by Crippen LogP contribution is 2.67. The van der Waals surface area contributed by atoms with Crippen molar-refractivity contribution in [3.05, 3.63) is 23.8 Å². The number of nitrogens with zero attached hydrogens (tertiary/aromatic N) is 1. The van der Waals surface area contributed by atoms with E-state index in [0.29, 0.717) is 5.92 Å². The Morgan fingerprint density at radius 3 is 2.81 bits per heavy atom. The molecule has 5 aliphatic rings. The van der Waals surface area contributed by atoms with Crippen LogP contribution in [0.5, 0.6) is 0 Å². The van der Waals surface area contributed by atoms with E-state index in [4.69, 9.17) is 14.7 Å². The first-order valence-corrected chi connectivity index (χ1v) is 10.4. The number of allylic oxidation sites excluding steroid dienone is 2. The fourth-order valence-electron chi connectivity index (χ4n) is 7.42. The summed E-state index contributed by atoms with van der Waals surface area (Å²) >= 11 is 0. The predicted molar refractivity (Wildman–Crippen MR) is 100 cm³/mol. The van der Waals surface area contributed by atoms with Crippen LogP contribution in [0, 0.1) is 29.1 Å². The van der Waals surface area contributed by atoms with Gasteiger partial charge in [0.15, 0.2) is 6.29 Å². The Morgan fingerprint density at radius 2 is 2.04 bits per heavy atom. The molecule has 1 N–H and O–H groups in total. The Morgan fingerprint density at radius 1 is 1.15 bits per heavy atom. The van der Waals surface area contributed by atoms with Gasteiger partial charge in [-0.1, -0.05) is 23.7 Å². The topological polar surface area (TPSA) is 51.0 Å². The Hall–Kier alpha value is -1.13. The average Bonchev–Trinajstić information content (AvgIpc) is 3.23. The van der Waals surface area contributed by atoms with Crippen molar-refractivity contribution in [1.82, 2.24) is 0 Å². The van der Waals surface area contributed by atoms with Gasteiger partial charge in [-0.3, -0.25) is 0 Å². The van der Waals surface area contributed by atoms with Crippen molar-refractivity contribution in [2.45, 2.75) is 70.2 Å². The molecular weight excluding hydrogens is 326 g/mol. The third-order valence-electron chi connectivity index (χ3n) is 8.71. The summed E-state index contributed by atoms with van der Waals surface area (Å²) in [6, 6.07) is 0. The Kier molecular flexibility index (Phi) is 3.88. The van der Waals surface area contributed by atoms with Gasteiger partial charge in [-0.15, -0.1) is 0 Å². The molecule has 7 atom stereocenters. The summed E-state index contributed by atoms with van der Waals surface area (Å²) in [6.45, 7) is 2.49. The molecule has 0 aromatic carbocycles. The number of fused-ring (bicyclic) bond motifs is 6. The molecule has 4 unspecified atom stereocenters. The second-order valence-corrected chi connectivity index (χ2v) is 9.39. The maximum absolute atomic E-state index is 9.14. The molecule has 3 saturated carbocycles. The van der Waals surface area contributed by atoms with Crippen LogP contribution in [0.25, 0.3) is 0 Å². The van der Waals surface area contributed by atoms with E-state index in [1.165, 1.54) is 38.5 Å². The fraction of sp³-hybridized carbons (Fsp3) is 0.773. The van der Waals surface area contributed by atoms with Gasteiger partial charge in [-0.2, -0.15) is 0 Å². The summed E-state index contributed by atoms with van der Waals surface area (Å²) in [5.41, 5.74) is 2.57. The summed E-state index contributed by atoms with van der Waals surface area (Å²) in [7, 11) is 1.74. The monoisotopic (exact) mass is 357 g/mol. The molecule has 0 radical (unpaired) electrons. The van der Waals surface area contributed by atoms with Crippen LogP contribution in [0.1, 0.15) is 58.3 Å². The van der Waals surface area contributed by atoms with Crippen LogP contribution in [-0.4, -0.2) is 29.9 Å². The third-order valence-corrected chi connectivity index (χ3v) is 8.71. The zero-order valence-corrected chi connectivity index (χ0v) is 16.0. The molecule has 4 aliphatic carbocycles. The molecule has 4 heteroatoms. The summed E-state index contributed by atoms with van der Waals surface area (Å²) in [4.78, 5) is 0. The van der Waals surface area contributed by atoms with Gasteiger partial charge >= 0.3 is 0 Å². The highest BCUT2D eigenvalue weighted by molar-refractivity contribution is 5.96. The molecule has 1 spiro atoms. The second-order valence-electron chi connectivity index (χ2n) is 9.39. The van der Waals surface area contributed by atoms with Crippen LogP contribution in [0.2, 0.25) is 0 Å². The summed E-state index contributed by atoms with van der Waals surface area (Å²) < 4.78 is 11.9. The number of rotatable bonds is 1. The number of methoxy groups -OCH3 is 1. The molecule has 1 heterocycles. The summed E-state index contributed by atoms with van der Waals surface area (Å²) in [5, 5.41) is 12.6. The van der Waals surface area contributed by atoms with Gasteiger partial charge in [0.25, 0.3) is 0 Å². The van der Waals surface area contributed by atoms with E-state index < -0.39 is 0 Å². The third kappa shape index (κ3) is 2.18. The lowest BCUT2D eigenvalue weighted by Gasteiger charge is -2.55.